The van der Waals surface area contributed by atoms with Crippen LogP contribution in [-0.2, 0) is 61.6 Å². The fourth-order valence-corrected chi connectivity index (χ4v) is 14.5. The minimum absolute atomic E-state index is 0.0729. The van der Waals surface area contributed by atoms with E-state index in [4.69, 9.17) is 61.6 Å². The topological polar surface area (TPSA) is 484 Å². The predicted octanol–water partition coefficient (Wildman–Crippen LogP) is 0.972. The van der Waals surface area contributed by atoms with Gasteiger partial charge in [-0.1, -0.05) is 182 Å². The molecule has 5 rings (SSSR count). The van der Waals surface area contributed by atoms with Crippen LogP contribution in [0.5, 0.6) is 0 Å². The summed E-state index contributed by atoms with van der Waals surface area (Å²) in [7, 11) is 0. The molecule has 0 aromatic rings. The van der Waals surface area contributed by atoms with Gasteiger partial charge in [0.15, 0.2) is 31.5 Å². The van der Waals surface area contributed by atoms with Crippen molar-refractivity contribution in [2.24, 2.45) is 23.2 Å². The van der Waals surface area contributed by atoms with Crippen molar-refractivity contribution in [3.63, 3.8) is 0 Å². The summed E-state index contributed by atoms with van der Waals surface area (Å²) in [5.41, 5.74) is -1.89. The Labute approximate surface area is 627 Å². The van der Waals surface area contributed by atoms with Gasteiger partial charge in [-0.15, -0.1) is 0 Å². The quantitative estimate of drug-likeness (QED) is 0.0377. The highest BCUT2D eigenvalue weighted by Gasteiger charge is 2.55. The molecule has 0 bridgehead atoms. The molecule has 0 aromatic carbocycles. The molecule has 5 saturated heterocycles. The molecular weight excluding hydrogens is 1400 g/mol. The van der Waals surface area contributed by atoms with E-state index in [2.05, 4.69) is 27.7 Å². The molecule has 26 atom stereocenters. The van der Waals surface area contributed by atoms with E-state index in [1.54, 1.807) is 0 Å². The van der Waals surface area contributed by atoms with Crippen LogP contribution in [0.2, 0.25) is 0 Å². The maximum absolute atomic E-state index is 11.9. The number of aliphatic hydroxyl groups excluding tert-OH is 18. The van der Waals surface area contributed by atoms with Gasteiger partial charge in [0.2, 0.25) is 0 Å². The Morgan fingerprint density at radius 2 is 0.500 bits per heavy atom. The van der Waals surface area contributed by atoms with Crippen molar-refractivity contribution in [1.82, 2.24) is 0 Å². The fraction of sp³-hybridized carbons (Fsp3) is 1.00. The molecule has 106 heavy (non-hydrogen) atoms. The summed E-state index contributed by atoms with van der Waals surface area (Å²) in [5, 5.41) is 196. The molecule has 0 aliphatic carbocycles. The standard InChI is InChI=1S/C75H142O31/c1-5-9-13-17-21-25-29-47(30-26-22-18-14-10-6-2)38-94-40-49(41-95-39-48(31-27-23-19-15-11-7-3)32-28-24-20-16-12-8-4)42-96-43-75(44-97-70-63(89)58(84)55(81)50(33-76)100-70,45-98-71-66(92)61(87)68(53(36-79)103-71)105-73-64(90)59(85)56(82)51(34-77)101-73)46-99-72-67(93)62(88)69(54(37-80)104-72)106-74-65(91)60(86)57(83)52(35-78)102-74/h47-74,76-93H,5-46H2,1-4H3/t50?,51?,52?,53?,54?,55-,56-,57-,58+,59+,60+,61-,62-,63?,64?,65?,66?,67?,68-,69+,70-,71-,72-,73-,74-,75?/m1/s1. The van der Waals surface area contributed by atoms with Gasteiger partial charge < -0.3 is 153 Å². The lowest BCUT2D eigenvalue weighted by Crippen LogP contribution is -2.65. The van der Waals surface area contributed by atoms with Crippen molar-refractivity contribution in [1.29, 1.82) is 0 Å². The highest BCUT2D eigenvalue weighted by molar-refractivity contribution is 4.98. The van der Waals surface area contributed by atoms with Gasteiger partial charge in [0.1, 0.15) is 122 Å². The highest BCUT2D eigenvalue weighted by atomic mass is 16.8. The molecule has 5 aliphatic heterocycles. The number of ether oxygens (including phenoxy) is 13. The monoisotopic (exact) mass is 1540 g/mol. The first-order chi connectivity index (χ1) is 51.1. The molecule has 628 valence electrons. The van der Waals surface area contributed by atoms with Crippen LogP contribution in [-0.4, -0.2) is 338 Å². The third-order valence-electron chi connectivity index (χ3n) is 21.5. The van der Waals surface area contributed by atoms with Gasteiger partial charge in [0.05, 0.1) is 84.7 Å². The Bertz CT molecular complexity index is 2010. The molecule has 5 aliphatic rings. The van der Waals surface area contributed by atoms with E-state index in [0.717, 1.165) is 103 Å². The lowest BCUT2D eigenvalue weighted by molar-refractivity contribution is -0.367. The van der Waals surface area contributed by atoms with Gasteiger partial charge in [0.25, 0.3) is 0 Å². The average molecular weight is 1540 g/mol. The van der Waals surface area contributed by atoms with Crippen molar-refractivity contribution >= 4 is 0 Å². The van der Waals surface area contributed by atoms with Crippen LogP contribution in [0, 0.1) is 23.2 Å². The maximum atomic E-state index is 11.9. The third kappa shape index (κ3) is 30.8. The van der Waals surface area contributed by atoms with Crippen molar-refractivity contribution in [3.05, 3.63) is 0 Å². The Morgan fingerprint density at radius 3 is 0.802 bits per heavy atom. The molecule has 0 spiro atoms. The highest BCUT2D eigenvalue weighted by Crippen LogP contribution is 2.36. The second-order valence-electron chi connectivity index (χ2n) is 30.6. The Balaban J connectivity index is 1.53. The number of unbranched alkanes of at least 4 members (excludes halogenated alkanes) is 20. The molecule has 0 aromatic heterocycles. The van der Waals surface area contributed by atoms with E-state index in [9.17, 15) is 91.9 Å². The molecule has 5 fully saturated rings. The van der Waals surface area contributed by atoms with Gasteiger partial charge in [-0.3, -0.25) is 0 Å². The molecule has 0 radical (unpaired) electrons. The normalized spacial score (nSPS) is 34.6. The van der Waals surface area contributed by atoms with Crippen LogP contribution in [0.15, 0.2) is 0 Å². The van der Waals surface area contributed by atoms with Crippen molar-refractivity contribution in [3.8, 4) is 0 Å². The molecule has 11 unspecified atom stereocenters. The summed E-state index contributed by atoms with van der Waals surface area (Å²) in [6.07, 6.45) is -14.0. The Hall–Kier alpha value is -1.24. The first-order valence-corrected chi connectivity index (χ1v) is 40.2. The van der Waals surface area contributed by atoms with E-state index in [1.165, 1.54) is 77.0 Å². The van der Waals surface area contributed by atoms with Crippen LogP contribution in [0.25, 0.3) is 0 Å². The van der Waals surface area contributed by atoms with Gasteiger partial charge in [-0.05, 0) is 37.5 Å². The fourth-order valence-electron chi connectivity index (χ4n) is 14.5. The van der Waals surface area contributed by atoms with E-state index in [1.807, 2.05) is 0 Å². The number of aliphatic hydroxyl groups is 18. The third-order valence-corrected chi connectivity index (χ3v) is 21.5. The number of hydrogen-bond donors (Lipinski definition) is 18. The van der Waals surface area contributed by atoms with E-state index in [0.29, 0.717) is 25.0 Å². The van der Waals surface area contributed by atoms with E-state index >= 15 is 0 Å². The SMILES string of the molecule is CCCCCCCCC(CCCCCCCC)COCC(COCC(CCCCCCCC)CCCCCCCC)COCC(CO[C@@H]1OC(CO)[C@@H](O)[C@H](O)C1O)(CO[C@@H]1OC(CO)[C@@H](O[C@H]2OC(CO)[C@@H](O)[C@H](O)C2O)[C@H](O)C1O)CO[C@@H]1OC(CO)[C@H](O[C@H]2OC(CO)[C@@H](O)[C@H](O)C2O)[C@H](O)C1O. The zero-order valence-corrected chi connectivity index (χ0v) is 63.7. The zero-order valence-electron chi connectivity index (χ0n) is 63.7. The van der Waals surface area contributed by atoms with Gasteiger partial charge in [0, 0.05) is 19.1 Å². The summed E-state index contributed by atoms with van der Waals surface area (Å²) in [4.78, 5) is 0. The van der Waals surface area contributed by atoms with Crippen molar-refractivity contribution in [2.75, 3.05) is 92.5 Å². The molecular formula is C75H142O31. The lowest BCUT2D eigenvalue weighted by Gasteiger charge is -2.47. The van der Waals surface area contributed by atoms with Gasteiger partial charge >= 0.3 is 0 Å². The van der Waals surface area contributed by atoms with Crippen LogP contribution in [0.4, 0.5) is 0 Å². The summed E-state index contributed by atoms with van der Waals surface area (Å²) in [6.45, 7) is 3.01. The average Bonchev–Trinajstić information content (AvgIpc) is 0.790. The molecule has 18 N–H and O–H groups in total. The van der Waals surface area contributed by atoms with Crippen LogP contribution in [0.3, 0.4) is 0 Å². The second-order valence-corrected chi connectivity index (χ2v) is 30.6. The Morgan fingerprint density at radius 1 is 0.255 bits per heavy atom. The van der Waals surface area contributed by atoms with E-state index < -0.39 is 224 Å². The smallest absolute Gasteiger partial charge is 0.187 e. The summed E-state index contributed by atoms with van der Waals surface area (Å²) in [5.74, 6) is 0.159. The molecule has 0 saturated carbocycles. The largest absolute Gasteiger partial charge is 0.394 e. The van der Waals surface area contributed by atoms with Crippen molar-refractivity contribution in [2.45, 2.75) is 361 Å². The van der Waals surface area contributed by atoms with E-state index in [-0.39, 0.29) is 19.8 Å². The summed E-state index contributed by atoms with van der Waals surface area (Å²) < 4.78 is 79.9. The van der Waals surface area contributed by atoms with Gasteiger partial charge in [-0.2, -0.15) is 0 Å². The molecule has 5 heterocycles. The van der Waals surface area contributed by atoms with Crippen LogP contribution >= 0.6 is 0 Å². The summed E-state index contributed by atoms with van der Waals surface area (Å²) >= 11 is 0. The minimum atomic E-state index is -2.09. The first kappa shape index (κ1) is 95.3. The van der Waals surface area contributed by atoms with Crippen LogP contribution < -0.4 is 0 Å². The zero-order chi connectivity index (χ0) is 77.6. The molecule has 31 heteroatoms. The Kier molecular flexibility index (Phi) is 47.7. The predicted molar refractivity (Wildman–Crippen MR) is 382 cm³/mol. The molecule has 31 nitrogen and oxygen atoms in total. The number of rotatable bonds is 58. The minimum Gasteiger partial charge on any atom is -0.394 e. The van der Waals surface area contributed by atoms with Crippen LogP contribution in [0.1, 0.15) is 207 Å². The lowest BCUT2D eigenvalue weighted by atomic mass is 9.91. The number of hydrogen-bond acceptors (Lipinski definition) is 31. The van der Waals surface area contributed by atoms with Gasteiger partial charge in [-0.25, -0.2) is 0 Å². The second kappa shape index (κ2) is 53.0. The molecule has 0 amide bonds. The first-order valence-electron chi connectivity index (χ1n) is 40.2. The van der Waals surface area contributed by atoms with Crippen molar-refractivity contribution < 1.29 is 153 Å². The summed E-state index contributed by atoms with van der Waals surface area (Å²) in [6, 6.07) is 0. The maximum Gasteiger partial charge on any atom is 0.187 e.